The van der Waals surface area contributed by atoms with Gasteiger partial charge in [-0.1, -0.05) is 27.7 Å². The molecular weight excluding hydrogens is 412 g/mol. The van der Waals surface area contributed by atoms with Crippen LogP contribution < -0.4 is 0 Å². The summed E-state index contributed by atoms with van der Waals surface area (Å²) in [5.41, 5.74) is 1.53. The molecule has 0 saturated carbocycles. The molecule has 0 atom stereocenters. The fourth-order valence-corrected chi connectivity index (χ4v) is 7.96. The summed E-state index contributed by atoms with van der Waals surface area (Å²) in [5, 5.41) is 0.981. The van der Waals surface area contributed by atoms with E-state index in [0.29, 0.717) is 23.8 Å². The van der Waals surface area contributed by atoms with Gasteiger partial charge in [0.05, 0.1) is 21.9 Å². The zero-order valence-corrected chi connectivity index (χ0v) is 19.9. The number of hydrogen-bond donors (Lipinski definition) is 0. The zero-order chi connectivity index (χ0) is 22.3. The molecule has 0 N–H and O–H groups in total. The van der Waals surface area contributed by atoms with Crippen LogP contribution in [0.1, 0.15) is 39.4 Å². The molecule has 4 aliphatic heterocycles. The summed E-state index contributed by atoms with van der Waals surface area (Å²) in [4.78, 5) is 18.2. The summed E-state index contributed by atoms with van der Waals surface area (Å²) in [7, 11) is -1.51. The molecule has 168 valence electrons. The summed E-state index contributed by atoms with van der Waals surface area (Å²) >= 11 is 0. The molecule has 2 aromatic rings. The Labute approximate surface area is 184 Å². The largest absolute Gasteiger partial charge is 0.350 e. The quantitative estimate of drug-likeness (QED) is 0.709. The van der Waals surface area contributed by atoms with Crippen molar-refractivity contribution in [1.82, 2.24) is 18.7 Å². The van der Waals surface area contributed by atoms with E-state index in [-0.39, 0.29) is 17.0 Å². The van der Waals surface area contributed by atoms with Gasteiger partial charge in [-0.2, -0.15) is 4.31 Å². The Bertz CT molecular complexity index is 1140. The van der Waals surface area contributed by atoms with Crippen LogP contribution in [-0.2, 0) is 21.9 Å². The predicted octanol–water partition coefficient (Wildman–Crippen LogP) is 2.43. The van der Waals surface area contributed by atoms with Gasteiger partial charge in [0.2, 0.25) is 10.0 Å². The zero-order valence-electron chi connectivity index (χ0n) is 19.1. The molecule has 5 heterocycles. The third-order valence-corrected chi connectivity index (χ3v) is 9.66. The van der Waals surface area contributed by atoms with E-state index >= 15 is 0 Å². The standard InChI is InChI=1S/C23H32N4O3S/c1-6-27(7-2)31(29,30)16-8-9-19-17(10-16)18(11-24(19)5)20-25-12-22(3)13-26(20)15-23(4,14-25)21(22)28/h8-11,20H,6-7,12-15H2,1-5H3. The molecule has 1 aromatic carbocycles. The van der Waals surface area contributed by atoms with E-state index in [1.165, 1.54) is 4.31 Å². The van der Waals surface area contributed by atoms with Crippen LogP contribution in [0.25, 0.3) is 10.9 Å². The molecule has 0 aliphatic carbocycles. The highest BCUT2D eigenvalue weighted by Crippen LogP contribution is 2.52. The van der Waals surface area contributed by atoms with Crippen molar-refractivity contribution in [1.29, 1.82) is 0 Å². The Morgan fingerprint density at radius 2 is 1.58 bits per heavy atom. The van der Waals surface area contributed by atoms with Crippen molar-refractivity contribution in [3.05, 3.63) is 30.0 Å². The van der Waals surface area contributed by atoms with Crippen LogP contribution in [0.2, 0.25) is 0 Å². The van der Waals surface area contributed by atoms with Gasteiger partial charge in [0.15, 0.2) is 0 Å². The van der Waals surface area contributed by atoms with Crippen molar-refractivity contribution in [2.75, 3.05) is 39.3 Å². The molecule has 0 amide bonds. The molecule has 7 nitrogen and oxygen atoms in total. The van der Waals surface area contributed by atoms with Gasteiger partial charge >= 0.3 is 0 Å². The van der Waals surface area contributed by atoms with E-state index in [2.05, 4.69) is 34.4 Å². The first-order valence-electron chi connectivity index (χ1n) is 11.2. The fourth-order valence-electron chi connectivity index (χ4n) is 6.47. The molecule has 31 heavy (non-hydrogen) atoms. The number of aryl methyl sites for hydroxylation is 1. The smallest absolute Gasteiger partial charge is 0.243 e. The second kappa shape index (κ2) is 6.63. The lowest BCUT2D eigenvalue weighted by molar-refractivity contribution is -0.196. The average molecular weight is 445 g/mol. The number of benzene rings is 1. The van der Waals surface area contributed by atoms with Crippen molar-refractivity contribution >= 4 is 26.7 Å². The van der Waals surface area contributed by atoms with Crippen LogP contribution in [0, 0.1) is 10.8 Å². The van der Waals surface area contributed by atoms with E-state index < -0.39 is 10.0 Å². The van der Waals surface area contributed by atoms with Crippen molar-refractivity contribution < 1.29 is 13.2 Å². The van der Waals surface area contributed by atoms with Gasteiger partial charge in [-0.25, -0.2) is 8.42 Å². The number of carbonyl (C=O) groups excluding carboxylic acids is 1. The summed E-state index contributed by atoms with van der Waals surface area (Å²) in [6.45, 7) is 11.9. The second-order valence-corrected chi connectivity index (χ2v) is 12.0. The first-order valence-corrected chi connectivity index (χ1v) is 12.6. The highest BCUT2D eigenvalue weighted by Gasteiger charge is 2.62. The van der Waals surface area contributed by atoms with Gasteiger partial charge in [0, 0.05) is 69.0 Å². The van der Waals surface area contributed by atoms with Crippen molar-refractivity contribution in [3.8, 4) is 0 Å². The number of nitrogens with zero attached hydrogens (tertiary/aromatic N) is 4. The van der Waals surface area contributed by atoms with E-state index in [1.54, 1.807) is 6.07 Å². The van der Waals surface area contributed by atoms with E-state index in [4.69, 9.17) is 0 Å². The number of Topliss-reactive ketones (excluding diaryl/α,β-unsaturated/α-hetero) is 1. The number of hydrogen-bond acceptors (Lipinski definition) is 5. The number of ketones is 1. The Morgan fingerprint density at radius 3 is 2.10 bits per heavy atom. The van der Waals surface area contributed by atoms with Crippen LogP contribution in [0.15, 0.2) is 29.3 Å². The van der Waals surface area contributed by atoms with Gasteiger partial charge in [0.1, 0.15) is 5.78 Å². The summed E-state index contributed by atoms with van der Waals surface area (Å²) < 4.78 is 29.9. The lowest BCUT2D eigenvalue weighted by atomic mass is 9.62. The fraction of sp³-hybridized carbons (Fsp3) is 0.609. The lowest BCUT2D eigenvalue weighted by Crippen LogP contribution is -2.75. The monoisotopic (exact) mass is 444 g/mol. The summed E-state index contributed by atoms with van der Waals surface area (Å²) in [6, 6.07) is 5.49. The first kappa shape index (κ1) is 21.1. The minimum absolute atomic E-state index is 0.0735. The minimum Gasteiger partial charge on any atom is -0.350 e. The number of rotatable bonds is 5. The van der Waals surface area contributed by atoms with Crippen molar-refractivity contribution in [2.24, 2.45) is 17.9 Å². The molecule has 4 aliphatic rings. The molecule has 4 saturated heterocycles. The van der Waals surface area contributed by atoms with E-state index in [1.807, 2.05) is 33.0 Å². The minimum atomic E-state index is -3.53. The Balaban J connectivity index is 1.62. The molecule has 1 aromatic heterocycles. The highest BCUT2D eigenvalue weighted by atomic mass is 32.2. The number of piperidine rings is 2. The van der Waals surface area contributed by atoms with E-state index in [9.17, 15) is 13.2 Å². The summed E-state index contributed by atoms with van der Waals surface area (Å²) in [6.07, 6.45) is 2.21. The molecule has 0 radical (unpaired) electrons. The van der Waals surface area contributed by atoms with Crippen LogP contribution in [0.3, 0.4) is 0 Å². The average Bonchev–Trinajstić information content (AvgIpc) is 3.02. The number of fused-ring (bicyclic) bond motifs is 1. The van der Waals surface area contributed by atoms with Gasteiger partial charge in [-0.05, 0) is 18.2 Å². The molecule has 4 fully saturated rings. The van der Waals surface area contributed by atoms with Crippen molar-refractivity contribution in [2.45, 2.75) is 38.8 Å². The van der Waals surface area contributed by atoms with Crippen LogP contribution in [-0.4, -0.2) is 72.1 Å². The first-order chi connectivity index (χ1) is 14.5. The molecule has 0 spiro atoms. The third kappa shape index (κ3) is 2.81. The highest BCUT2D eigenvalue weighted by molar-refractivity contribution is 7.89. The molecular formula is C23H32N4O3S. The normalized spacial score (nSPS) is 34.9. The Hall–Kier alpha value is -1.74. The Kier molecular flexibility index (Phi) is 4.52. The van der Waals surface area contributed by atoms with E-state index in [0.717, 1.165) is 42.6 Å². The second-order valence-electron chi connectivity index (χ2n) is 10.1. The molecule has 4 bridgehead atoms. The number of aromatic nitrogens is 1. The maximum absolute atomic E-state index is 13.2. The number of carbonyl (C=O) groups is 1. The van der Waals surface area contributed by atoms with Crippen molar-refractivity contribution in [3.63, 3.8) is 0 Å². The van der Waals surface area contributed by atoms with Crippen LogP contribution in [0.4, 0.5) is 0 Å². The van der Waals surface area contributed by atoms with Crippen LogP contribution in [0.5, 0.6) is 0 Å². The Morgan fingerprint density at radius 1 is 1.03 bits per heavy atom. The molecule has 6 rings (SSSR count). The van der Waals surface area contributed by atoms with Gasteiger partial charge in [-0.15, -0.1) is 0 Å². The molecule has 0 unspecified atom stereocenters. The topological polar surface area (TPSA) is 65.9 Å². The molecule has 8 heteroatoms. The number of sulfonamides is 1. The summed E-state index contributed by atoms with van der Waals surface area (Å²) in [5.74, 6) is 0.400. The maximum atomic E-state index is 13.2. The maximum Gasteiger partial charge on any atom is 0.243 e. The predicted molar refractivity (Wildman–Crippen MR) is 120 cm³/mol. The van der Waals surface area contributed by atoms with Gasteiger partial charge < -0.3 is 4.57 Å². The third-order valence-electron chi connectivity index (χ3n) is 7.61. The van der Waals surface area contributed by atoms with Crippen LogP contribution >= 0.6 is 0 Å². The van der Waals surface area contributed by atoms with Gasteiger partial charge in [-0.3, -0.25) is 14.6 Å². The van der Waals surface area contributed by atoms with Gasteiger partial charge in [0.25, 0.3) is 0 Å². The SMILES string of the molecule is CCN(CC)S(=O)(=O)c1ccc2c(c1)c(C1N3CC4(C)CN1CC(C)(C3)C4=O)cn2C. The lowest BCUT2D eigenvalue weighted by Gasteiger charge is -2.64.